The van der Waals surface area contributed by atoms with Crippen molar-refractivity contribution in [2.24, 2.45) is 5.92 Å². The molecule has 1 N–H and O–H groups in total. The largest absolute Gasteiger partial charge is 0.373 e. The molecule has 1 aliphatic heterocycles. The fraction of sp³-hybridized carbons (Fsp3) is 0.500. The first kappa shape index (κ1) is 14.6. The molecule has 1 aromatic carbocycles. The third-order valence-electron chi connectivity index (χ3n) is 4.45. The summed E-state index contributed by atoms with van der Waals surface area (Å²) in [5, 5.41) is 2.64. The SMILES string of the molecule is CN(CC1CCCCC1)c1cc2c(cc1Br)C(=O)C(=O)N2. The van der Waals surface area contributed by atoms with Gasteiger partial charge in [0.25, 0.3) is 11.7 Å². The lowest BCUT2D eigenvalue weighted by atomic mass is 9.89. The first-order valence-electron chi connectivity index (χ1n) is 7.46. The van der Waals surface area contributed by atoms with Crippen LogP contribution in [0.5, 0.6) is 0 Å². The Hall–Kier alpha value is -1.36. The molecule has 1 saturated carbocycles. The lowest BCUT2D eigenvalue weighted by molar-refractivity contribution is -0.112. The van der Waals surface area contributed by atoms with Gasteiger partial charge in [0.2, 0.25) is 0 Å². The highest BCUT2D eigenvalue weighted by atomic mass is 79.9. The number of amides is 1. The number of carbonyl (C=O) groups excluding carboxylic acids is 2. The second kappa shape index (κ2) is 5.79. The number of nitrogens with zero attached hydrogens (tertiary/aromatic N) is 1. The Bertz CT molecular complexity index is 594. The van der Waals surface area contributed by atoms with Crippen LogP contribution in [0, 0.1) is 5.92 Å². The van der Waals surface area contributed by atoms with Crippen LogP contribution in [-0.4, -0.2) is 25.3 Å². The molecular formula is C16H19BrN2O2. The number of carbonyl (C=O) groups is 2. The molecule has 0 saturated heterocycles. The van der Waals surface area contributed by atoms with E-state index in [4.69, 9.17) is 0 Å². The molecule has 3 rings (SSSR count). The zero-order valence-electron chi connectivity index (χ0n) is 12.1. The van der Waals surface area contributed by atoms with E-state index in [0.717, 1.165) is 22.6 Å². The van der Waals surface area contributed by atoms with Crippen LogP contribution in [-0.2, 0) is 4.79 Å². The smallest absolute Gasteiger partial charge is 0.296 e. The third kappa shape index (κ3) is 2.84. The maximum absolute atomic E-state index is 11.7. The van der Waals surface area contributed by atoms with Gasteiger partial charge in [-0.25, -0.2) is 0 Å². The molecule has 4 nitrogen and oxygen atoms in total. The van der Waals surface area contributed by atoms with Gasteiger partial charge < -0.3 is 10.2 Å². The van der Waals surface area contributed by atoms with Crippen molar-refractivity contribution in [3.05, 3.63) is 22.2 Å². The summed E-state index contributed by atoms with van der Waals surface area (Å²) in [6.07, 6.45) is 6.60. The molecule has 1 fully saturated rings. The van der Waals surface area contributed by atoms with E-state index >= 15 is 0 Å². The minimum absolute atomic E-state index is 0.452. The van der Waals surface area contributed by atoms with E-state index < -0.39 is 11.7 Å². The van der Waals surface area contributed by atoms with Crippen LogP contribution in [0.2, 0.25) is 0 Å². The van der Waals surface area contributed by atoms with Crippen LogP contribution in [0.25, 0.3) is 0 Å². The van der Waals surface area contributed by atoms with Crippen LogP contribution < -0.4 is 10.2 Å². The van der Waals surface area contributed by atoms with Gasteiger partial charge in [-0.1, -0.05) is 19.3 Å². The highest BCUT2D eigenvalue weighted by molar-refractivity contribution is 9.10. The average molecular weight is 351 g/mol. The van der Waals surface area contributed by atoms with E-state index in [0.29, 0.717) is 11.3 Å². The molecule has 0 bridgehead atoms. The Labute approximate surface area is 133 Å². The van der Waals surface area contributed by atoms with Crippen LogP contribution in [0.1, 0.15) is 42.5 Å². The zero-order valence-corrected chi connectivity index (χ0v) is 13.7. The van der Waals surface area contributed by atoms with E-state index in [1.54, 1.807) is 6.07 Å². The Morgan fingerprint density at radius 2 is 1.95 bits per heavy atom. The van der Waals surface area contributed by atoms with E-state index in [9.17, 15) is 9.59 Å². The van der Waals surface area contributed by atoms with Crippen molar-refractivity contribution >= 4 is 39.0 Å². The summed E-state index contributed by atoms with van der Waals surface area (Å²) in [7, 11) is 2.07. The lowest BCUT2D eigenvalue weighted by Crippen LogP contribution is -2.27. The van der Waals surface area contributed by atoms with Crippen LogP contribution in [0.3, 0.4) is 0 Å². The first-order valence-corrected chi connectivity index (χ1v) is 8.26. The van der Waals surface area contributed by atoms with E-state index in [1.165, 1.54) is 32.1 Å². The van der Waals surface area contributed by atoms with Crippen molar-refractivity contribution in [2.75, 3.05) is 23.8 Å². The average Bonchev–Trinajstić information content (AvgIpc) is 2.74. The Kier molecular flexibility index (Phi) is 4.02. The third-order valence-corrected chi connectivity index (χ3v) is 5.09. The van der Waals surface area contributed by atoms with Gasteiger partial charge in [-0.05, 0) is 46.8 Å². The van der Waals surface area contributed by atoms with Gasteiger partial charge in [0.15, 0.2) is 0 Å². The van der Waals surface area contributed by atoms with Gasteiger partial charge in [0.05, 0.1) is 16.9 Å². The summed E-state index contributed by atoms with van der Waals surface area (Å²) in [6, 6.07) is 3.65. The number of rotatable bonds is 3. The molecule has 1 aliphatic carbocycles. The van der Waals surface area contributed by atoms with Gasteiger partial charge in [0.1, 0.15) is 0 Å². The van der Waals surface area contributed by atoms with Crippen molar-refractivity contribution in [2.45, 2.75) is 32.1 Å². The van der Waals surface area contributed by atoms with Crippen molar-refractivity contribution in [1.82, 2.24) is 0 Å². The quantitative estimate of drug-likeness (QED) is 0.847. The number of nitrogens with one attached hydrogen (secondary N) is 1. The molecule has 1 heterocycles. The van der Waals surface area contributed by atoms with Gasteiger partial charge in [-0.15, -0.1) is 0 Å². The number of hydrogen-bond acceptors (Lipinski definition) is 3. The summed E-state index contributed by atoms with van der Waals surface area (Å²) >= 11 is 3.53. The summed E-state index contributed by atoms with van der Waals surface area (Å²) in [5.41, 5.74) is 2.11. The van der Waals surface area contributed by atoms with Gasteiger partial charge in [0, 0.05) is 18.1 Å². The van der Waals surface area contributed by atoms with E-state index in [-0.39, 0.29) is 0 Å². The molecule has 0 spiro atoms. The molecule has 0 unspecified atom stereocenters. The van der Waals surface area contributed by atoms with Crippen molar-refractivity contribution in [3.8, 4) is 0 Å². The molecular weight excluding hydrogens is 332 g/mol. The predicted molar refractivity (Wildman–Crippen MR) is 86.9 cm³/mol. The molecule has 0 aromatic heterocycles. The normalized spacial score (nSPS) is 18.6. The van der Waals surface area contributed by atoms with Gasteiger partial charge in [-0.2, -0.15) is 0 Å². The maximum atomic E-state index is 11.7. The maximum Gasteiger partial charge on any atom is 0.296 e. The van der Waals surface area contributed by atoms with Crippen molar-refractivity contribution < 1.29 is 9.59 Å². The number of Topliss-reactive ketones (excluding diaryl/α,β-unsaturated/α-hetero) is 1. The number of ketones is 1. The van der Waals surface area contributed by atoms with Gasteiger partial charge in [-0.3, -0.25) is 9.59 Å². The first-order chi connectivity index (χ1) is 10.1. The minimum atomic E-state index is -0.538. The van der Waals surface area contributed by atoms with Crippen molar-refractivity contribution in [1.29, 1.82) is 0 Å². The topological polar surface area (TPSA) is 49.4 Å². The predicted octanol–water partition coefficient (Wildman–Crippen LogP) is 3.60. The Morgan fingerprint density at radius 1 is 1.24 bits per heavy atom. The number of hydrogen-bond donors (Lipinski definition) is 1. The minimum Gasteiger partial charge on any atom is -0.373 e. The fourth-order valence-electron chi connectivity index (χ4n) is 3.30. The number of anilines is 2. The second-order valence-corrected chi connectivity index (χ2v) is 6.87. The molecule has 112 valence electrons. The molecule has 2 aliphatic rings. The molecule has 1 amide bonds. The zero-order chi connectivity index (χ0) is 15.0. The van der Waals surface area contributed by atoms with Crippen molar-refractivity contribution in [3.63, 3.8) is 0 Å². The lowest BCUT2D eigenvalue weighted by Gasteiger charge is -2.29. The van der Waals surface area contributed by atoms with E-state index in [2.05, 4.69) is 33.2 Å². The second-order valence-electron chi connectivity index (χ2n) is 6.02. The Balaban J connectivity index is 1.80. The van der Waals surface area contributed by atoms with Crippen LogP contribution >= 0.6 is 15.9 Å². The highest BCUT2D eigenvalue weighted by Gasteiger charge is 2.29. The molecule has 1 aromatic rings. The monoisotopic (exact) mass is 350 g/mol. The number of halogens is 1. The fourth-order valence-corrected chi connectivity index (χ4v) is 3.95. The molecule has 21 heavy (non-hydrogen) atoms. The molecule has 0 radical (unpaired) electrons. The summed E-state index contributed by atoms with van der Waals surface area (Å²) in [4.78, 5) is 25.4. The summed E-state index contributed by atoms with van der Waals surface area (Å²) in [6.45, 7) is 1.01. The summed E-state index contributed by atoms with van der Waals surface area (Å²) < 4.78 is 0.865. The summed E-state index contributed by atoms with van der Waals surface area (Å²) in [5.74, 6) is -0.253. The number of benzene rings is 1. The molecule has 0 atom stereocenters. The van der Waals surface area contributed by atoms with E-state index in [1.807, 2.05) is 6.07 Å². The van der Waals surface area contributed by atoms with Crippen LogP contribution in [0.15, 0.2) is 16.6 Å². The standard InChI is InChI=1S/C16H19BrN2O2/c1-19(9-10-5-3-2-4-6-10)14-8-13-11(7-12(14)17)15(20)16(21)18-13/h7-8,10H,2-6,9H2,1H3,(H,18,20,21). The highest BCUT2D eigenvalue weighted by Crippen LogP contribution is 2.36. The molecule has 5 heteroatoms. The number of fused-ring (bicyclic) bond motifs is 1. The van der Waals surface area contributed by atoms with Crippen LogP contribution in [0.4, 0.5) is 11.4 Å². The Morgan fingerprint density at radius 3 is 2.67 bits per heavy atom. The van der Waals surface area contributed by atoms with Gasteiger partial charge >= 0.3 is 0 Å².